The fraction of sp³-hybridized carbons (Fsp3) is 0.636. The Morgan fingerprint density at radius 3 is 3.12 bits per heavy atom. The predicted molar refractivity (Wildman–Crippen MR) is 63.2 cm³/mol. The molecule has 17 heavy (non-hydrogen) atoms. The molecule has 1 aromatic rings. The number of morpholine rings is 1. The van der Waals surface area contributed by atoms with Gasteiger partial charge in [-0.1, -0.05) is 0 Å². The number of aliphatic hydroxyl groups excluding tert-OH is 1. The molecule has 0 radical (unpaired) electrons. The van der Waals surface area contributed by atoms with Crippen LogP contribution in [0.15, 0.2) is 10.9 Å². The quantitative estimate of drug-likeness (QED) is 0.738. The van der Waals surface area contributed by atoms with E-state index in [1.807, 2.05) is 11.8 Å². The van der Waals surface area contributed by atoms with Gasteiger partial charge in [-0.05, 0) is 13.8 Å². The summed E-state index contributed by atoms with van der Waals surface area (Å²) < 4.78 is 5.45. The monoisotopic (exact) mass is 239 g/mol. The molecule has 0 spiro atoms. The summed E-state index contributed by atoms with van der Waals surface area (Å²) >= 11 is 0. The Hall–Kier alpha value is -1.40. The smallest absolute Gasteiger partial charge is 0.252 e. The summed E-state index contributed by atoms with van der Waals surface area (Å²) in [5.41, 5.74) is -0.160. The van der Waals surface area contributed by atoms with Crippen LogP contribution in [0.3, 0.4) is 0 Å². The minimum Gasteiger partial charge on any atom is -0.394 e. The normalized spacial score (nSPS) is 25.0. The molecule has 1 aliphatic heterocycles. The zero-order valence-corrected chi connectivity index (χ0v) is 10.0. The van der Waals surface area contributed by atoms with E-state index in [-0.39, 0.29) is 24.3 Å². The van der Waals surface area contributed by atoms with Gasteiger partial charge in [-0.2, -0.15) is 0 Å². The van der Waals surface area contributed by atoms with E-state index in [0.717, 1.165) is 0 Å². The van der Waals surface area contributed by atoms with Gasteiger partial charge in [0.1, 0.15) is 11.6 Å². The first-order valence-corrected chi connectivity index (χ1v) is 5.67. The second-order valence-electron chi connectivity index (χ2n) is 4.33. The second-order valence-corrected chi connectivity index (χ2v) is 4.33. The molecule has 0 bridgehead atoms. The fourth-order valence-electron chi connectivity index (χ4n) is 1.96. The van der Waals surface area contributed by atoms with Crippen molar-refractivity contribution in [2.45, 2.75) is 26.0 Å². The number of hydrogen-bond acceptors (Lipinski definition) is 5. The molecule has 6 heteroatoms. The molecule has 0 aliphatic carbocycles. The number of rotatable bonds is 2. The molecule has 1 fully saturated rings. The molecule has 2 rings (SSSR count). The van der Waals surface area contributed by atoms with Crippen LogP contribution in [0.2, 0.25) is 0 Å². The Balaban J connectivity index is 2.27. The largest absolute Gasteiger partial charge is 0.394 e. The SMILES string of the molecule is Cc1nc(N2CC(CO)OCC2C)cc(=O)[nH]1. The Morgan fingerprint density at radius 1 is 1.71 bits per heavy atom. The number of aromatic nitrogens is 2. The van der Waals surface area contributed by atoms with Gasteiger partial charge in [-0.3, -0.25) is 4.79 Å². The van der Waals surface area contributed by atoms with Gasteiger partial charge in [0.25, 0.3) is 5.56 Å². The van der Waals surface area contributed by atoms with E-state index in [1.54, 1.807) is 6.92 Å². The average molecular weight is 239 g/mol. The Morgan fingerprint density at radius 2 is 2.47 bits per heavy atom. The number of aryl methyl sites for hydroxylation is 1. The first-order chi connectivity index (χ1) is 8.10. The maximum absolute atomic E-state index is 11.4. The number of aromatic amines is 1. The van der Waals surface area contributed by atoms with Crippen LogP contribution >= 0.6 is 0 Å². The third-order valence-electron chi connectivity index (χ3n) is 2.85. The summed E-state index contributed by atoms with van der Waals surface area (Å²) in [7, 11) is 0. The molecular formula is C11H17N3O3. The van der Waals surface area contributed by atoms with E-state index in [0.29, 0.717) is 24.8 Å². The average Bonchev–Trinajstić information content (AvgIpc) is 2.28. The molecule has 2 heterocycles. The van der Waals surface area contributed by atoms with Crippen LogP contribution in [0, 0.1) is 6.92 Å². The molecule has 2 unspecified atom stereocenters. The summed E-state index contributed by atoms with van der Waals surface area (Å²) in [5, 5.41) is 9.11. The van der Waals surface area contributed by atoms with Gasteiger partial charge in [-0.25, -0.2) is 4.98 Å². The van der Waals surface area contributed by atoms with E-state index in [2.05, 4.69) is 9.97 Å². The maximum Gasteiger partial charge on any atom is 0.252 e. The first kappa shape index (κ1) is 12.1. The van der Waals surface area contributed by atoms with Crippen LogP contribution in [-0.2, 0) is 4.74 Å². The molecule has 2 N–H and O–H groups in total. The van der Waals surface area contributed by atoms with E-state index >= 15 is 0 Å². The van der Waals surface area contributed by atoms with Crippen molar-refractivity contribution in [1.29, 1.82) is 0 Å². The van der Waals surface area contributed by atoms with E-state index < -0.39 is 0 Å². The molecule has 2 atom stereocenters. The van der Waals surface area contributed by atoms with Crippen LogP contribution < -0.4 is 10.5 Å². The van der Waals surface area contributed by atoms with E-state index in [4.69, 9.17) is 9.84 Å². The minimum atomic E-state index is -0.215. The van der Waals surface area contributed by atoms with Crippen LogP contribution in [0.5, 0.6) is 0 Å². The van der Waals surface area contributed by atoms with Gasteiger partial charge in [0.15, 0.2) is 0 Å². The van der Waals surface area contributed by atoms with E-state index in [1.165, 1.54) is 6.07 Å². The van der Waals surface area contributed by atoms with Crippen molar-refractivity contribution in [1.82, 2.24) is 9.97 Å². The Kier molecular flexibility index (Phi) is 3.44. The van der Waals surface area contributed by atoms with Crippen molar-refractivity contribution in [3.8, 4) is 0 Å². The van der Waals surface area contributed by atoms with Gasteiger partial charge >= 0.3 is 0 Å². The second kappa shape index (κ2) is 4.85. The summed E-state index contributed by atoms with van der Waals surface area (Å²) in [4.78, 5) is 20.3. The zero-order valence-electron chi connectivity index (χ0n) is 10.0. The van der Waals surface area contributed by atoms with E-state index in [9.17, 15) is 4.79 Å². The lowest BCUT2D eigenvalue weighted by Gasteiger charge is -2.38. The van der Waals surface area contributed by atoms with Gasteiger partial charge < -0.3 is 19.7 Å². The highest BCUT2D eigenvalue weighted by Crippen LogP contribution is 2.18. The zero-order chi connectivity index (χ0) is 12.4. The molecule has 1 saturated heterocycles. The summed E-state index contributed by atoms with van der Waals surface area (Å²) in [6.07, 6.45) is -0.215. The van der Waals surface area contributed by atoms with Crippen LogP contribution in [0.25, 0.3) is 0 Å². The van der Waals surface area contributed by atoms with Gasteiger partial charge in [-0.15, -0.1) is 0 Å². The number of nitrogens with one attached hydrogen (secondary N) is 1. The summed E-state index contributed by atoms with van der Waals surface area (Å²) in [5.74, 6) is 1.23. The number of H-pyrrole nitrogens is 1. The van der Waals surface area contributed by atoms with Crippen LogP contribution in [-0.4, -0.2) is 47.0 Å². The lowest BCUT2D eigenvalue weighted by Crippen LogP contribution is -2.50. The first-order valence-electron chi connectivity index (χ1n) is 5.67. The van der Waals surface area contributed by atoms with Crippen molar-refractivity contribution in [3.63, 3.8) is 0 Å². The highest BCUT2D eigenvalue weighted by Gasteiger charge is 2.26. The third-order valence-corrected chi connectivity index (χ3v) is 2.85. The van der Waals surface area contributed by atoms with Crippen LogP contribution in [0.4, 0.5) is 5.82 Å². The van der Waals surface area contributed by atoms with Gasteiger partial charge in [0, 0.05) is 12.6 Å². The summed E-state index contributed by atoms with van der Waals surface area (Å²) in [6, 6.07) is 1.62. The van der Waals surface area contributed by atoms with Crippen molar-refractivity contribution in [3.05, 3.63) is 22.2 Å². The van der Waals surface area contributed by atoms with Crippen molar-refractivity contribution < 1.29 is 9.84 Å². The fourth-order valence-corrected chi connectivity index (χ4v) is 1.96. The number of hydrogen-bond donors (Lipinski definition) is 2. The number of anilines is 1. The predicted octanol–water partition coefficient (Wildman–Crippen LogP) is -0.336. The summed E-state index contributed by atoms with van der Waals surface area (Å²) in [6.45, 7) is 4.81. The van der Waals surface area contributed by atoms with Crippen molar-refractivity contribution in [2.75, 3.05) is 24.7 Å². The lowest BCUT2D eigenvalue weighted by molar-refractivity contribution is -0.0106. The van der Waals surface area contributed by atoms with Gasteiger partial charge in [0.05, 0.1) is 25.4 Å². The lowest BCUT2D eigenvalue weighted by atomic mass is 10.2. The topological polar surface area (TPSA) is 78.5 Å². The highest BCUT2D eigenvalue weighted by atomic mass is 16.5. The minimum absolute atomic E-state index is 0.0224. The maximum atomic E-state index is 11.4. The van der Waals surface area contributed by atoms with Gasteiger partial charge in [0.2, 0.25) is 0 Å². The molecule has 1 aliphatic rings. The number of aliphatic hydroxyl groups is 1. The molecule has 94 valence electrons. The molecule has 0 amide bonds. The number of ether oxygens (including phenoxy) is 1. The van der Waals surface area contributed by atoms with Crippen molar-refractivity contribution >= 4 is 5.82 Å². The van der Waals surface area contributed by atoms with Crippen LogP contribution in [0.1, 0.15) is 12.7 Å². The Labute approximate surface area is 99.2 Å². The van der Waals surface area contributed by atoms with Crippen molar-refractivity contribution in [2.24, 2.45) is 0 Å². The molecule has 6 nitrogen and oxygen atoms in total. The standard InChI is InChI=1S/C11H17N3O3/c1-7-6-17-9(5-15)4-14(7)10-3-11(16)13-8(2)12-10/h3,7,9,15H,4-6H2,1-2H3,(H,12,13,16). The third kappa shape index (κ3) is 2.65. The molecule has 0 saturated carbocycles. The Bertz CT molecular complexity index is 446. The molecule has 1 aromatic heterocycles. The molecule has 0 aromatic carbocycles. The number of nitrogens with zero attached hydrogens (tertiary/aromatic N) is 2. The molecular weight excluding hydrogens is 222 g/mol. The highest BCUT2D eigenvalue weighted by molar-refractivity contribution is 5.39.